The van der Waals surface area contributed by atoms with Gasteiger partial charge in [-0.25, -0.2) is 0 Å². The Morgan fingerprint density at radius 3 is 1.32 bits per heavy atom. The average molecular weight is 971 g/mol. The Kier molecular flexibility index (Phi) is 9.45. The lowest BCUT2D eigenvalue weighted by Crippen LogP contribution is -2.61. The molecule has 8 aliphatic rings. The fourth-order valence-electron chi connectivity index (χ4n) is 15.9. The largest absolute Gasteiger partial charge is 0.311 e. The van der Waals surface area contributed by atoms with Crippen molar-refractivity contribution >= 4 is 78.0 Å². The van der Waals surface area contributed by atoms with Crippen LogP contribution in [0.15, 0.2) is 72.8 Å². The number of fused-ring (bicyclic) bond motifs is 11. The zero-order valence-corrected chi connectivity index (χ0v) is 48.2. The molecule has 14 rings (SSSR count). The number of hydrogen-bond donors (Lipinski definition) is 0. The van der Waals surface area contributed by atoms with Crippen LogP contribution in [-0.4, -0.2) is 6.71 Å². The summed E-state index contributed by atoms with van der Waals surface area (Å²) in [5, 5.41) is 1.46. The number of anilines is 6. The van der Waals surface area contributed by atoms with Crippen LogP contribution >= 0.6 is 11.3 Å². The fraction of sp³-hybridized carbons (Fsp3) is 0.529. The van der Waals surface area contributed by atoms with Gasteiger partial charge in [-0.15, -0.1) is 11.3 Å². The van der Waals surface area contributed by atoms with Gasteiger partial charge in [-0.1, -0.05) is 136 Å². The van der Waals surface area contributed by atoms with Crippen LogP contribution in [0.25, 0.3) is 10.1 Å². The van der Waals surface area contributed by atoms with Crippen molar-refractivity contribution in [2.24, 2.45) is 0 Å². The summed E-state index contributed by atoms with van der Waals surface area (Å²) in [5.74, 6) is 0. The van der Waals surface area contributed by atoms with E-state index in [2.05, 4.69) is 212 Å². The van der Waals surface area contributed by atoms with Gasteiger partial charge in [0.05, 0.1) is 5.69 Å². The summed E-state index contributed by atoms with van der Waals surface area (Å²) in [4.78, 5) is 5.60. The van der Waals surface area contributed by atoms with Crippen LogP contribution < -0.4 is 25.5 Å². The molecule has 1 fully saturated rings. The van der Waals surface area contributed by atoms with Crippen LogP contribution in [0.1, 0.15) is 232 Å². The number of thiophene rings is 1. The van der Waals surface area contributed by atoms with E-state index in [1.807, 2.05) is 0 Å². The highest BCUT2D eigenvalue weighted by Gasteiger charge is 2.52. The Balaban J connectivity index is 1.18. The van der Waals surface area contributed by atoms with E-state index in [-0.39, 0.29) is 55.4 Å². The van der Waals surface area contributed by atoms with Crippen molar-refractivity contribution in [1.82, 2.24) is 0 Å². The number of nitrogens with zero attached hydrogens (tertiary/aromatic N) is 2. The maximum Gasteiger partial charge on any atom is 0.264 e. The van der Waals surface area contributed by atoms with E-state index in [0.29, 0.717) is 0 Å². The number of benzene rings is 5. The van der Waals surface area contributed by atoms with Gasteiger partial charge in [0.25, 0.3) is 6.71 Å². The highest BCUT2D eigenvalue weighted by Crippen LogP contribution is 2.60. The van der Waals surface area contributed by atoms with Crippen molar-refractivity contribution in [1.29, 1.82) is 0 Å². The van der Waals surface area contributed by atoms with Crippen molar-refractivity contribution in [3.8, 4) is 0 Å². The molecule has 0 saturated heterocycles. The zero-order valence-electron chi connectivity index (χ0n) is 47.4. The molecule has 5 aromatic carbocycles. The topological polar surface area (TPSA) is 6.48 Å². The van der Waals surface area contributed by atoms with Crippen LogP contribution in [-0.2, 0) is 48.7 Å². The Bertz CT molecular complexity index is 3350. The Morgan fingerprint density at radius 1 is 0.417 bits per heavy atom. The lowest BCUT2D eigenvalue weighted by atomic mass is 9.35. The summed E-state index contributed by atoms with van der Waals surface area (Å²) >= 11 is 2.13. The monoisotopic (exact) mass is 971 g/mol. The SMILES string of the molecule is CC(C)(C)c1cc2c3c(c1)N(c1ccc4c(c1)C(C)(C)CCC4(C)C)c1c(sc4cc5c(cc14)C1(C)CCC5(C)CC1)B3c1cc3c(cc1N2c1ccc2c(c1)C(C)(C)CCC2(C)C)C(C)(C)CCC3(C)C. The van der Waals surface area contributed by atoms with Gasteiger partial charge in [0.15, 0.2) is 0 Å². The molecule has 0 N–H and O–H groups in total. The molecule has 0 radical (unpaired) electrons. The van der Waals surface area contributed by atoms with Gasteiger partial charge in [0.2, 0.25) is 0 Å². The Hall–Kier alpha value is -4.28. The van der Waals surface area contributed by atoms with Crippen LogP contribution in [0.5, 0.6) is 0 Å². The predicted molar refractivity (Wildman–Crippen MR) is 314 cm³/mol. The standard InChI is InChI=1S/C68H83BN2S/c1-60(2,3)40-32-54-57-55(33-40)71(42-19-21-45-47(35-42)64(10,11)25-23-62(45,6)7)58-43-36-50-51(68(17)30-28-67(50,16)29-31-68)39-56(43)72-59(58)69(57)52-37-48-49(66(14,15)27-26-65(48,12)13)38-53(52)70(54)41-18-20-44-46(34-41)63(8,9)24-22-61(44,4)5/h18-21,32-39H,22-31H2,1-17H3. The molecule has 2 bridgehead atoms. The van der Waals surface area contributed by atoms with E-state index in [1.165, 1.54) is 158 Å². The third-order valence-electron chi connectivity index (χ3n) is 21.6. The van der Waals surface area contributed by atoms with Crippen molar-refractivity contribution in [3.05, 3.63) is 123 Å². The summed E-state index contributed by atoms with van der Waals surface area (Å²) in [6, 6.07) is 31.7. The minimum absolute atomic E-state index is 0.0671. The molecule has 0 atom stereocenters. The van der Waals surface area contributed by atoms with Gasteiger partial charge in [-0.05, 0) is 229 Å². The van der Waals surface area contributed by atoms with E-state index in [4.69, 9.17) is 0 Å². The fourth-order valence-corrected chi connectivity index (χ4v) is 17.2. The lowest BCUT2D eigenvalue weighted by Gasteiger charge is -2.52. The maximum absolute atomic E-state index is 2.82. The predicted octanol–water partition coefficient (Wildman–Crippen LogP) is 17.4. The summed E-state index contributed by atoms with van der Waals surface area (Å²) in [5.41, 5.74) is 25.9. The average Bonchev–Trinajstić information content (AvgIpc) is 3.68. The van der Waals surface area contributed by atoms with Gasteiger partial charge in [-0.2, -0.15) is 0 Å². The molecule has 0 unspecified atom stereocenters. The smallest absolute Gasteiger partial charge is 0.264 e. The van der Waals surface area contributed by atoms with Gasteiger partial charge in [0, 0.05) is 43.3 Å². The van der Waals surface area contributed by atoms with Crippen molar-refractivity contribution in [2.75, 3.05) is 9.80 Å². The van der Waals surface area contributed by atoms with Crippen LogP contribution in [0.3, 0.4) is 0 Å². The molecule has 3 heterocycles. The first-order valence-electron chi connectivity index (χ1n) is 28.3. The second-order valence-corrected chi connectivity index (χ2v) is 31.4. The third-order valence-corrected chi connectivity index (χ3v) is 22.8. The molecule has 0 spiro atoms. The maximum atomic E-state index is 2.82. The first-order valence-corrected chi connectivity index (χ1v) is 29.2. The minimum Gasteiger partial charge on any atom is -0.311 e. The summed E-state index contributed by atoms with van der Waals surface area (Å²) in [6.45, 7) is 42.6. The summed E-state index contributed by atoms with van der Waals surface area (Å²) < 4.78 is 2.99. The zero-order chi connectivity index (χ0) is 51.0. The molecular weight excluding hydrogens is 888 g/mol. The molecule has 72 heavy (non-hydrogen) atoms. The van der Waals surface area contributed by atoms with Gasteiger partial charge >= 0.3 is 0 Å². The van der Waals surface area contributed by atoms with Crippen molar-refractivity contribution in [2.45, 2.75) is 231 Å². The van der Waals surface area contributed by atoms with Crippen molar-refractivity contribution in [3.63, 3.8) is 0 Å². The van der Waals surface area contributed by atoms with Gasteiger partial charge in [0.1, 0.15) is 0 Å². The Labute approximate surface area is 438 Å². The molecule has 4 heteroatoms. The Morgan fingerprint density at radius 2 is 0.833 bits per heavy atom. The molecule has 1 aromatic heterocycles. The summed E-state index contributed by atoms with van der Waals surface area (Å²) in [6.07, 6.45) is 12.4. The van der Waals surface area contributed by atoms with E-state index in [9.17, 15) is 0 Å². The number of hydrogen-bond acceptors (Lipinski definition) is 3. The van der Waals surface area contributed by atoms with E-state index < -0.39 is 0 Å². The normalized spacial score (nSPS) is 26.0. The first kappa shape index (κ1) is 47.4. The molecule has 374 valence electrons. The van der Waals surface area contributed by atoms with E-state index in [0.717, 1.165) is 0 Å². The van der Waals surface area contributed by atoms with Gasteiger partial charge < -0.3 is 9.80 Å². The first-order chi connectivity index (χ1) is 33.4. The third kappa shape index (κ3) is 6.44. The van der Waals surface area contributed by atoms with E-state index >= 15 is 0 Å². The molecule has 6 aliphatic carbocycles. The lowest BCUT2D eigenvalue weighted by molar-refractivity contribution is 0.188. The highest BCUT2D eigenvalue weighted by molar-refractivity contribution is 7.33. The van der Waals surface area contributed by atoms with Crippen LogP contribution in [0.4, 0.5) is 34.1 Å². The second kappa shape index (κ2) is 14.4. The van der Waals surface area contributed by atoms with E-state index in [1.54, 1.807) is 16.7 Å². The highest BCUT2D eigenvalue weighted by atomic mass is 32.1. The number of rotatable bonds is 2. The molecule has 2 nitrogen and oxygen atoms in total. The van der Waals surface area contributed by atoms with Gasteiger partial charge in [-0.3, -0.25) is 0 Å². The molecule has 6 aromatic rings. The minimum atomic E-state index is -0.0937. The molecule has 1 saturated carbocycles. The quantitative estimate of drug-likeness (QED) is 0.159. The molecular formula is C68H83BN2S. The molecule has 2 aliphatic heterocycles. The molecule has 0 amide bonds. The van der Waals surface area contributed by atoms with Crippen LogP contribution in [0.2, 0.25) is 0 Å². The van der Waals surface area contributed by atoms with Crippen LogP contribution in [0, 0.1) is 0 Å². The second-order valence-electron chi connectivity index (χ2n) is 30.3. The summed E-state index contributed by atoms with van der Waals surface area (Å²) in [7, 11) is 0. The van der Waals surface area contributed by atoms with Crippen molar-refractivity contribution < 1.29 is 0 Å².